The van der Waals surface area contributed by atoms with Crippen LogP contribution in [0.2, 0.25) is 5.02 Å². The van der Waals surface area contributed by atoms with Crippen molar-refractivity contribution in [3.05, 3.63) is 52.8 Å². The second-order valence-electron chi connectivity index (χ2n) is 9.24. The quantitative estimate of drug-likeness (QED) is 0.148. The highest BCUT2D eigenvalue weighted by atomic mass is 35.5. The largest absolute Gasteiger partial charge is 0.496 e. The summed E-state index contributed by atoms with van der Waals surface area (Å²) in [5.74, 6) is -3.07. The molecule has 2 aromatic carbocycles. The van der Waals surface area contributed by atoms with Gasteiger partial charge in [-0.2, -0.15) is 0 Å². The van der Waals surface area contributed by atoms with E-state index in [1.807, 2.05) is 0 Å². The van der Waals surface area contributed by atoms with Crippen molar-refractivity contribution in [2.24, 2.45) is 0 Å². The van der Waals surface area contributed by atoms with Crippen molar-refractivity contribution in [3.63, 3.8) is 0 Å². The molecule has 1 heterocycles. The average Bonchev–Trinajstić information content (AvgIpc) is 2.97. The van der Waals surface area contributed by atoms with Crippen molar-refractivity contribution in [1.82, 2.24) is 10.2 Å². The lowest BCUT2D eigenvalue weighted by atomic mass is 10.0. The minimum atomic E-state index is -2.27. The summed E-state index contributed by atoms with van der Waals surface area (Å²) < 4.78 is 29.5. The Morgan fingerprint density at radius 1 is 1.12 bits per heavy atom. The molecule has 1 fully saturated rings. The van der Waals surface area contributed by atoms with Crippen LogP contribution in [0.4, 0.5) is 10.1 Å². The van der Waals surface area contributed by atoms with Gasteiger partial charge in [-0.1, -0.05) is 11.6 Å². The number of anilines is 1. The molecule has 1 saturated heterocycles. The Hall–Kier alpha value is -3.69. The summed E-state index contributed by atoms with van der Waals surface area (Å²) in [6.07, 6.45) is -3.11. The van der Waals surface area contributed by atoms with E-state index in [-0.39, 0.29) is 23.9 Å². The number of hydrogen-bond donors (Lipinski definition) is 6. The van der Waals surface area contributed by atoms with Crippen LogP contribution >= 0.6 is 11.6 Å². The number of halogens is 2. The number of likely N-dealkylation sites (tertiary alicyclic amines) is 1. The SMILES string of the molecule is COc1cc(N)c(Cl)cc1C(=O)N[C@@H]1CCN(CCCOc2ccc(F)cc2)C[C@H]1OC.O=C(O)C(O)[C@@H](O)C(=O)O. The molecule has 1 amide bonds. The first-order valence-electron chi connectivity index (χ1n) is 12.8. The Labute approximate surface area is 246 Å². The van der Waals surface area contributed by atoms with Crippen molar-refractivity contribution in [1.29, 1.82) is 0 Å². The fourth-order valence-electron chi connectivity index (χ4n) is 4.03. The van der Waals surface area contributed by atoms with E-state index in [1.165, 1.54) is 25.3 Å². The molecule has 0 aromatic heterocycles. The molecule has 0 radical (unpaired) electrons. The van der Waals surface area contributed by atoms with Gasteiger partial charge >= 0.3 is 11.9 Å². The maximum Gasteiger partial charge on any atom is 0.335 e. The molecule has 1 aliphatic rings. The highest BCUT2D eigenvalue weighted by Crippen LogP contribution is 2.29. The molecule has 0 saturated carbocycles. The van der Waals surface area contributed by atoms with E-state index >= 15 is 0 Å². The Balaban J connectivity index is 0.000000528. The molecule has 0 aliphatic carbocycles. The van der Waals surface area contributed by atoms with E-state index in [0.717, 1.165) is 25.9 Å². The number of carbonyl (C=O) groups excluding carboxylic acids is 1. The lowest BCUT2D eigenvalue weighted by Crippen LogP contribution is -2.55. The Morgan fingerprint density at radius 3 is 2.29 bits per heavy atom. The van der Waals surface area contributed by atoms with E-state index in [2.05, 4.69) is 10.2 Å². The van der Waals surface area contributed by atoms with Crippen LogP contribution in [0, 0.1) is 5.82 Å². The van der Waals surface area contributed by atoms with Crippen LogP contribution in [-0.2, 0) is 14.3 Å². The van der Waals surface area contributed by atoms with Crippen LogP contribution in [0.1, 0.15) is 23.2 Å². The number of rotatable bonds is 12. The van der Waals surface area contributed by atoms with Crippen LogP contribution in [-0.4, -0.2) is 108 Å². The number of nitrogens with one attached hydrogen (secondary N) is 1. The maximum absolute atomic E-state index is 12.9. The van der Waals surface area contributed by atoms with Gasteiger partial charge in [-0.05, 0) is 43.2 Å². The zero-order chi connectivity index (χ0) is 31.4. The number of nitrogens with zero attached hydrogens (tertiary/aromatic N) is 1. The number of nitrogen functional groups attached to an aromatic ring is 1. The smallest absolute Gasteiger partial charge is 0.335 e. The predicted molar refractivity (Wildman–Crippen MR) is 149 cm³/mol. The van der Waals surface area contributed by atoms with Gasteiger partial charge in [0, 0.05) is 32.8 Å². The molecule has 0 spiro atoms. The number of carbonyl (C=O) groups is 3. The zero-order valence-corrected chi connectivity index (χ0v) is 23.8. The third kappa shape index (κ3) is 10.3. The van der Waals surface area contributed by atoms with Crippen LogP contribution in [0.25, 0.3) is 0 Å². The predicted octanol–water partition coefficient (Wildman–Crippen LogP) is 1.24. The number of amides is 1. The summed E-state index contributed by atoms with van der Waals surface area (Å²) in [6, 6.07) is 8.92. The molecule has 232 valence electrons. The van der Waals surface area contributed by atoms with Crippen LogP contribution in [0.3, 0.4) is 0 Å². The van der Waals surface area contributed by atoms with Crippen LogP contribution < -0.4 is 20.5 Å². The number of aliphatic hydroxyl groups is 2. The summed E-state index contributed by atoms with van der Waals surface area (Å²) in [5.41, 5.74) is 6.49. The number of carboxylic acids is 2. The summed E-state index contributed by atoms with van der Waals surface area (Å²) in [7, 11) is 3.13. The molecule has 2 aromatic rings. The number of methoxy groups -OCH3 is 2. The van der Waals surface area contributed by atoms with Crippen LogP contribution in [0.5, 0.6) is 11.5 Å². The average molecular weight is 616 g/mol. The lowest BCUT2D eigenvalue weighted by molar-refractivity contribution is -0.165. The topological polar surface area (TPSA) is 201 Å². The van der Waals surface area contributed by atoms with Crippen molar-refractivity contribution in [2.75, 3.05) is 46.2 Å². The monoisotopic (exact) mass is 615 g/mol. The summed E-state index contributed by atoms with van der Waals surface area (Å²) in [5, 5.41) is 35.9. The van der Waals surface area contributed by atoms with Crippen molar-refractivity contribution in [2.45, 2.75) is 37.2 Å². The van der Waals surface area contributed by atoms with Gasteiger partial charge in [-0.25, -0.2) is 14.0 Å². The molecule has 13 nitrogen and oxygen atoms in total. The van der Waals surface area contributed by atoms with Gasteiger partial charge in [0.05, 0.1) is 42.1 Å². The van der Waals surface area contributed by atoms with Gasteiger partial charge in [0.1, 0.15) is 17.3 Å². The van der Waals surface area contributed by atoms with E-state index in [4.69, 9.17) is 52.0 Å². The molecule has 0 bridgehead atoms. The first-order chi connectivity index (χ1) is 19.9. The Morgan fingerprint density at radius 2 is 1.74 bits per heavy atom. The second-order valence-corrected chi connectivity index (χ2v) is 9.65. The van der Waals surface area contributed by atoms with Gasteiger partial charge in [0.15, 0.2) is 12.2 Å². The van der Waals surface area contributed by atoms with E-state index in [9.17, 15) is 18.8 Å². The summed E-state index contributed by atoms with van der Waals surface area (Å²) in [6.45, 7) is 2.89. The van der Waals surface area contributed by atoms with E-state index in [0.29, 0.717) is 40.9 Å². The summed E-state index contributed by atoms with van der Waals surface area (Å²) >= 11 is 6.09. The van der Waals surface area contributed by atoms with Crippen molar-refractivity contribution < 1.29 is 53.4 Å². The number of benzene rings is 2. The molecule has 1 unspecified atom stereocenters. The second kappa shape index (κ2) is 16.7. The Kier molecular flexibility index (Phi) is 13.7. The molecule has 4 atom stereocenters. The van der Waals surface area contributed by atoms with Crippen LogP contribution in [0.15, 0.2) is 36.4 Å². The normalized spacial score (nSPS) is 18.1. The summed E-state index contributed by atoms with van der Waals surface area (Å²) in [4.78, 5) is 34.7. The molecule has 42 heavy (non-hydrogen) atoms. The number of aliphatic hydroxyl groups excluding tert-OH is 2. The number of nitrogens with two attached hydrogens (primary N) is 1. The Bertz CT molecular complexity index is 1190. The van der Waals surface area contributed by atoms with Gasteiger partial charge in [-0.3, -0.25) is 4.79 Å². The third-order valence-electron chi connectivity index (χ3n) is 6.33. The lowest BCUT2D eigenvalue weighted by Gasteiger charge is -2.38. The molecule has 1 aliphatic heterocycles. The molecular formula is C27H35ClFN3O10. The van der Waals surface area contributed by atoms with Crippen molar-refractivity contribution in [3.8, 4) is 11.5 Å². The molecule has 3 rings (SSSR count). The first kappa shape index (κ1) is 34.5. The highest BCUT2D eigenvalue weighted by molar-refractivity contribution is 6.33. The molecule has 15 heteroatoms. The number of ether oxygens (including phenoxy) is 3. The first-order valence-corrected chi connectivity index (χ1v) is 13.1. The third-order valence-corrected chi connectivity index (χ3v) is 6.66. The minimum absolute atomic E-state index is 0.139. The van der Waals surface area contributed by atoms with E-state index < -0.39 is 24.1 Å². The fourth-order valence-corrected chi connectivity index (χ4v) is 4.19. The number of aliphatic carboxylic acids is 2. The van der Waals surface area contributed by atoms with Gasteiger partial charge in [-0.15, -0.1) is 0 Å². The molecular weight excluding hydrogens is 581 g/mol. The maximum atomic E-state index is 12.9. The number of piperidine rings is 1. The number of hydrogen-bond acceptors (Lipinski definition) is 10. The number of carboxylic acid groups (broad SMARTS) is 2. The standard InChI is InChI=1S/C23H29ClFN3O4.C4H6O6/c1-30-21-13-19(26)18(24)12-17(21)23(29)27-20-8-10-28(14-22(20)31-2)9-3-11-32-16-6-4-15(25)5-7-16;5-1(3(7)8)2(6)4(9)10/h4-7,12-13,20,22H,3,8-11,14,26H2,1-2H3,(H,27,29);1-2,5-6H,(H,7,8)(H,9,10)/t20-,22-;1-,2?/m11/s1. The highest BCUT2D eigenvalue weighted by Gasteiger charge is 2.31. The van der Waals surface area contributed by atoms with Gasteiger partial charge < -0.3 is 50.6 Å². The minimum Gasteiger partial charge on any atom is -0.496 e. The van der Waals surface area contributed by atoms with Gasteiger partial charge in [0.2, 0.25) is 0 Å². The molecule has 7 N–H and O–H groups in total. The van der Waals surface area contributed by atoms with Gasteiger partial charge in [0.25, 0.3) is 5.91 Å². The van der Waals surface area contributed by atoms with E-state index in [1.54, 1.807) is 25.3 Å². The fraction of sp³-hybridized carbons (Fsp3) is 0.444. The zero-order valence-electron chi connectivity index (χ0n) is 23.0. The van der Waals surface area contributed by atoms with Crippen molar-refractivity contribution >= 4 is 35.1 Å².